The molecule has 32 heavy (non-hydrogen) atoms. The molecule has 1 aliphatic heterocycles. The van der Waals surface area contributed by atoms with Crippen molar-refractivity contribution in [3.05, 3.63) is 94.3 Å². The SMILES string of the molecule is O=C(Nc1cccc(-c2cn3c(n2)SCC3)c1)c1ccc(=O)n(Cc2cccc(F)c2)n1. The number of nitrogens with one attached hydrogen (secondary N) is 1. The van der Waals surface area contributed by atoms with Crippen LogP contribution in [0.3, 0.4) is 0 Å². The summed E-state index contributed by atoms with van der Waals surface area (Å²) < 4.78 is 16.7. The van der Waals surface area contributed by atoms with E-state index in [1.54, 1.807) is 30.0 Å². The van der Waals surface area contributed by atoms with E-state index in [0.717, 1.165) is 33.4 Å². The van der Waals surface area contributed by atoms with Gasteiger partial charge in [-0.15, -0.1) is 0 Å². The second-order valence-electron chi connectivity index (χ2n) is 7.33. The van der Waals surface area contributed by atoms with Crippen molar-refractivity contribution in [3.63, 3.8) is 0 Å². The zero-order chi connectivity index (χ0) is 22.1. The molecule has 5 rings (SSSR count). The van der Waals surface area contributed by atoms with Gasteiger partial charge >= 0.3 is 0 Å². The summed E-state index contributed by atoms with van der Waals surface area (Å²) in [5, 5.41) is 7.98. The van der Waals surface area contributed by atoms with Crippen molar-refractivity contribution in [2.75, 3.05) is 11.1 Å². The first-order valence-electron chi connectivity index (χ1n) is 9.99. The van der Waals surface area contributed by atoms with Crippen molar-refractivity contribution in [3.8, 4) is 11.3 Å². The molecule has 1 N–H and O–H groups in total. The van der Waals surface area contributed by atoms with Crippen LogP contribution in [-0.4, -0.2) is 31.0 Å². The number of carbonyl (C=O) groups is 1. The summed E-state index contributed by atoms with van der Waals surface area (Å²) >= 11 is 1.72. The van der Waals surface area contributed by atoms with Crippen molar-refractivity contribution in [2.45, 2.75) is 18.2 Å². The van der Waals surface area contributed by atoms with E-state index in [4.69, 9.17) is 0 Å². The fourth-order valence-corrected chi connectivity index (χ4v) is 4.43. The minimum absolute atomic E-state index is 0.0657. The van der Waals surface area contributed by atoms with E-state index < -0.39 is 11.7 Å². The number of aryl methyl sites for hydroxylation is 1. The number of benzene rings is 2. The van der Waals surface area contributed by atoms with E-state index in [1.165, 1.54) is 24.3 Å². The van der Waals surface area contributed by atoms with Gasteiger partial charge in [-0.2, -0.15) is 5.10 Å². The number of thioether (sulfide) groups is 1. The summed E-state index contributed by atoms with van der Waals surface area (Å²) in [6.07, 6.45) is 2.01. The lowest BCUT2D eigenvalue weighted by atomic mass is 10.1. The van der Waals surface area contributed by atoms with Crippen molar-refractivity contribution in [2.24, 2.45) is 0 Å². The molecule has 4 aromatic rings. The molecule has 0 unspecified atom stereocenters. The fraction of sp³-hybridized carbons (Fsp3) is 0.130. The van der Waals surface area contributed by atoms with Gasteiger partial charge in [0.2, 0.25) is 0 Å². The Morgan fingerprint density at radius 3 is 2.84 bits per heavy atom. The second-order valence-corrected chi connectivity index (χ2v) is 8.39. The molecule has 2 aromatic heterocycles. The molecule has 0 aliphatic carbocycles. The third kappa shape index (κ3) is 4.19. The molecule has 0 bridgehead atoms. The number of amides is 1. The Labute approximate surface area is 186 Å². The highest BCUT2D eigenvalue weighted by Crippen LogP contribution is 2.29. The molecule has 9 heteroatoms. The standard InChI is InChI=1S/C23H18FN5O2S/c24-17-5-1-3-15(11-17)13-29-21(30)8-7-19(27-29)22(31)25-18-6-2-4-16(12-18)20-14-28-9-10-32-23(28)26-20/h1-8,11-12,14H,9-10,13H2,(H,25,31). The Balaban J connectivity index is 1.35. The summed E-state index contributed by atoms with van der Waals surface area (Å²) in [5.41, 5.74) is 2.63. The normalized spacial score (nSPS) is 12.5. The number of imidazole rings is 1. The molecule has 2 aromatic carbocycles. The summed E-state index contributed by atoms with van der Waals surface area (Å²) in [7, 11) is 0. The molecule has 1 amide bonds. The van der Waals surface area contributed by atoms with Gasteiger partial charge in [0.1, 0.15) is 11.5 Å². The van der Waals surface area contributed by atoms with Crippen LogP contribution in [0.4, 0.5) is 10.1 Å². The number of anilines is 1. The molecule has 1 aliphatic rings. The number of hydrogen-bond acceptors (Lipinski definition) is 5. The highest BCUT2D eigenvalue weighted by atomic mass is 32.2. The average molecular weight is 447 g/mol. The quantitative estimate of drug-likeness (QED) is 0.505. The van der Waals surface area contributed by atoms with E-state index in [9.17, 15) is 14.0 Å². The number of fused-ring (bicyclic) bond motifs is 1. The molecule has 0 atom stereocenters. The van der Waals surface area contributed by atoms with Crippen LogP contribution in [0.2, 0.25) is 0 Å². The van der Waals surface area contributed by atoms with Crippen LogP contribution in [0.5, 0.6) is 0 Å². The van der Waals surface area contributed by atoms with Gasteiger partial charge in [-0.25, -0.2) is 14.1 Å². The van der Waals surface area contributed by atoms with Crippen molar-refractivity contribution in [1.82, 2.24) is 19.3 Å². The molecule has 0 fully saturated rings. The van der Waals surface area contributed by atoms with E-state index in [0.29, 0.717) is 11.3 Å². The number of aromatic nitrogens is 4. The van der Waals surface area contributed by atoms with Crippen LogP contribution < -0.4 is 10.9 Å². The van der Waals surface area contributed by atoms with Gasteiger partial charge < -0.3 is 9.88 Å². The van der Waals surface area contributed by atoms with Gasteiger partial charge in [0, 0.05) is 35.8 Å². The molecule has 0 saturated heterocycles. The van der Waals surface area contributed by atoms with Gasteiger partial charge in [0.25, 0.3) is 11.5 Å². The Morgan fingerprint density at radius 1 is 1.12 bits per heavy atom. The van der Waals surface area contributed by atoms with E-state index in [-0.39, 0.29) is 17.8 Å². The largest absolute Gasteiger partial charge is 0.325 e. The molecular formula is C23H18FN5O2S. The second kappa shape index (κ2) is 8.43. The first-order valence-corrected chi connectivity index (χ1v) is 11.0. The Bertz CT molecular complexity index is 1360. The summed E-state index contributed by atoms with van der Waals surface area (Å²) in [6, 6.07) is 16.0. The van der Waals surface area contributed by atoms with Crippen LogP contribution in [-0.2, 0) is 13.1 Å². The lowest BCUT2D eigenvalue weighted by Crippen LogP contribution is -2.26. The van der Waals surface area contributed by atoms with Crippen LogP contribution in [0.15, 0.2) is 76.8 Å². The maximum absolute atomic E-state index is 13.4. The monoisotopic (exact) mass is 447 g/mol. The van der Waals surface area contributed by atoms with E-state index in [1.807, 2.05) is 24.4 Å². The number of nitrogens with zero attached hydrogens (tertiary/aromatic N) is 4. The highest BCUT2D eigenvalue weighted by Gasteiger charge is 2.16. The van der Waals surface area contributed by atoms with Crippen LogP contribution >= 0.6 is 11.8 Å². The first-order chi connectivity index (χ1) is 15.5. The van der Waals surface area contributed by atoms with Gasteiger partial charge in [0.15, 0.2) is 5.16 Å². The molecule has 0 spiro atoms. The smallest absolute Gasteiger partial charge is 0.276 e. The van der Waals surface area contributed by atoms with Gasteiger partial charge in [-0.05, 0) is 35.9 Å². The Morgan fingerprint density at radius 2 is 2.00 bits per heavy atom. The molecule has 0 radical (unpaired) electrons. The highest BCUT2D eigenvalue weighted by molar-refractivity contribution is 7.99. The van der Waals surface area contributed by atoms with Gasteiger partial charge in [-0.3, -0.25) is 9.59 Å². The fourth-order valence-electron chi connectivity index (χ4n) is 3.49. The first kappa shape index (κ1) is 20.2. The van der Waals surface area contributed by atoms with Gasteiger partial charge in [-0.1, -0.05) is 36.0 Å². The maximum atomic E-state index is 13.4. The number of hydrogen-bond donors (Lipinski definition) is 1. The van der Waals surface area contributed by atoms with Crippen LogP contribution in [0.25, 0.3) is 11.3 Å². The van der Waals surface area contributed by atoms with E-state index in [2.05, 4.69) is 20.0 Å². The topological polar surface area (TPSA) is 81.8 Å². The third-order valence-electron chi connectivity index (χ3n) is 5.04. The summed E-state index contributed by atoms with van der Waals surface area (Å²) in [6.45, 7) is 1.01. The Kier molecular flexibility index (Phi) is 5.32. The van der Waals surface area contributed by atoms with Crippen LogP contribution in [0, 0.1) is 5.82 Å². The Hall–Kier alpha value is -3.72. The maximum Gasteiger partial charge on any atom is 0.276 e. The minimum atomic E-state index is -0.446. The number of halogens is 1. The predicted octanol–water partition coefficient (Wildman–Crippen LogP) is 3.65. The molecular weight excluding hydrogens is 429 g/mol. The molecule has 3 heterocycles. The minimum Gasteiger partial charge on any atom is -0.325 e. The van der Waals surface area contributed by atoms with Gasteiger partial charge in [0.05, 0.1) is 12.2 Å². The molecule has 0 saturated carbocycles. The lowest BCUT2D eigenvalue weighted by Gasteiger charge is -2.09. The molecule has 7 nitrogen and oxygen atoms in total. The summed E-state index contributed by atoms with van der Waals surface area (Å²) in [4.78, 5) is 29.6. The zero-order valence-electron chi connectivity index (χ0n) is 16.9. The van der Waals surface area contributed by atoms with Crippen molar-refractivity contribution < 1.29 is 9.18 Å². The van der Waals surface area contributed by atoms with Crippen molar-refractivity contribution >= 4 is 23.4 Å². The number of carbonyl (C=O) groups excluding carboxylic acids is 1. The van der Waals surface area contributed by atoms with E-state index >= 15 is 0 Å². The van der Waals surface area contributed by atoms with Crippen LogP contribution in [0.1, 0.15) is 16.1 Å². The molecule has 160 valence electrons. The van der Waals surface area contributed by atoms with Crippen molar-refractivity contribution in [1.29, 1.82) is 0 Å². The summed E-state index contributed by atoms with van der Waals surface area (Å²) in [5.74, 6) is 0.191. The lowest BCUT2D eigenvalue weighted by molar-refractivity contribution is 0.102. The average Bonchev–Trinajstić information content (AvgIpc) is 3.38. The zero-order valence-corrected chi connectivity index (χ0v) is 17.7. The predicted molar refractivity (Wildman–Crippen MR) is 120 cm³/mol. The number of rotatable bonds is 5. The third-order valence-corrected chi connectivity index (χ3v) is 6.01.